The topological polar surface area (TPSA) is 127 Å². The van der Waals surface area contributed by atoms with Gasteiger partial charge in [0.15, 0.2) is 0 Å². The maximum absolute atomic E-state index is 13.4. The molecule has 8 nitrogen and oxygen atoms in total. The third-order valence-corrected chi connectivity index (χ3v) is 3.57. The number of carbonyl (C=O) groups is 1. The van der Waals surface area contributed by atoms with Crippen molar-refractivity contribution in [2.24, 2.45) is 0 Å². The number of nitro benzene ring substituents is 1. The molecule has 0 saturated heterocycles. The molecule has 0 spiro atoms. The average Bonchev–Trinajstić information content (AvgIpc) is 2.27. The minimum absolute atomic E-state index is 0.255. The molecule has 10 heteroatoms. The summed E-state index contributed by atoms with van der Waals surface area (Å²) < 4.78 is 35.7. The van der Waals surface area contributed by atoms with Crippen LogP contribution in [0.2, 0.25) is 0 Å². The lowest BCUT2D eigenvalue weighted by Gasteiger charge is -2.15. The van der Waals surface area contributed by atoms with E-state index < -0.39 is 43.8 Å². The van der Waals surface area contributed by atoms with E-state index in [1.54, 1.807) is 0 Å². The van der Waals surface area contributed by atoms with Crippen molar-refractivity contribution in [2.45, 2.75) is 13.0 Å². The van der Waals surface area contributed by atoms with E-state index in [-0.39, 0.29) is 11.4 Å². The van der Waals surface area contributed by atoms with Crippen molar-refractivity contribution in [3.05, 3.63) is 33.6 Å². The van der Waals surface area contributed by atoms with Crippen molar-refractivity contribution in [1.82, 2.24) is 0 Å². The molecule has 0 heterocycles. The molecule has 21 heavy (non-hydrogen) atoms. The fraction of sp³-hybridized carbons (Fsp3) is 0.364. The van der Waals surface area contributed by atoms with Crippen LogP contribution in [0.3, 0.4) is 0 Å². The minimum atomic E-state index is -3.33. The highest BCUT2D eigenvalue weighted by Gasteiger charge is 2.23. The Morgan fingerprint density at radius 2 is 2.10 bits per heavy atom. The smallest absolute Gasteiger partial charge is 0.338 e. The molecule has 0 aromatic heterocycles. The zero-order valence-electron chi connectivity index (χ0n) is 11.2. The third kappa shape index (κ3) is 4.67. The summed E-state index contributed by atoms with van der Waals surface area (Å²) in [6.07, 6.45) is 0.993. The molecule has 0 fully saturated rings. The SMILES string of the molecule is CC(CS(C)(=O)=O)Nc1cc(C(=O)O)c(F)cc1[N+](=O)[O-]. The van der Waals surface area contributed by atoms with Gasteiger partial charge in [0.1, 0.15) is 21.3 Å². The first-order valence-corrected chi connectivity index (χ1v) is 7.73. The van der Waals surface area contributed by atoms with Crippen molar-refractivity contribution >= 4 is 27.2 Å². The van der Waals surface area contributed by atoms with Gasteiger partial charge < -0.3 is 10.4 Å². The van der Waals surface area contributed by atoms with E-state index in [0.29, 0.717) is 6.07 Å². The number of sulfone groups is 1. The molecule has 1 rings (SSSR count). The van der Waals surface area contributed by atoms with Crippen LogP contribution in [0.15, 0.2) is 12.1 Å². The number of anilines is 1. The Bertz CT molecular complexity index is 688. The maximum Gasteiger partial charge on any atom is 0.338 e. The third-order valence-electron chi connectivity index (χ3n) is 2.47. The highest BCUT2D eigenvalue weighted by Crippen LogP contribution is 2.28. The number of carboxylic acid groups (broad SMARTS) is 1. The molecular weight excluding hydrogens is 307 g/mol. The van der Waals surface area contributed by atoms with Crippen molar-refractivity contribution in [1.29, 1.82) is 0 Å². The van der Waals surface area contributed by atoms with Gasteiger partial charge in [-0.2, -0.15) is 0 Å². The predicted octanol–water partition coefficient (Wildman–Crippen LogP) is 1.28. The second-order valence-electron chi connectivity index (χ2n) is 4.55. The first-order valence-electron chi connectivity index (χ1n) is 5.66. The normalized spacial score (nSPS) is 12.7. The molecule has 0 bridgehead atoms. The summed E-state index contributed by atoms with van der Waals surface area (Å²) >= 11 is 0. The number of nitrogens with zero attached hydrogens (tertiary/aromatic N) is 1. The molecule has 0 aliphatic heterocycles. The largest absolute Gasteiger partial charge is 0.478 e. The van der Waals surface area contributed by atoms with Crippen LogP contribution in [0.5, 0.6) is 0 Å². The van der Waals surface area contributed by atoms with E-state index >= 15 is 0 Å². The number of hydrogen-bond donors (Lipinski definition) is 2. The van der Waals surface area contributed by atoms with E-state index in [1.807, 2.05) is 0 Å². The van der Waals surface area contributed by atoms with E-state index in [2.05, 4.69) is 5.32 Å². The summed E-state index contributed by atoms with van der Waals surface area (Å²) in [6, 6.07) is 0.541. The van der Waals surface area contributed by atoms with E-state index in [4.69, 9.17) is 5.11 Å². The number of nitro groups is 1. The van der Waals surface area contributed by atoms with E-state index in [9.17, 15) is 27.7 Å². The number of nitrogens with one attached hydrogen (secondary N) is 1. The number of rotatable bonds is 6. The highest BCUT2D eigenvalue weighted by molar-refractivity contribution is 7.90. The van der Waals surface area contributed by atoms with Gasteiger partial charge in [-0.1, -0.05) is 0 Å². The molecule has 2 N–H and O–H groups in total. The van der Waals surface area contributed by atoms with Gasteiger partial charge in [-0.05, 0) is 13.0 Å². The van der Waals surface area contributed by atoms with E-state index in [1.165, 1.54) is 6.92 Å². The lowest BCUT2D eigenvalue weighted by Crippen LogP contribution is -2.25. The zero-order chi connectivity index (χ0) is 16.4. The summed E-state index contributed by atoms with van der Waals surface area (Å²) in [6.45, 7) is 1.45. The molecule has 0 aliphatic carbocycles. The Hall–Kier alpha value is -2.23. The zero-order valence-corrected chi connectivity index (χ0v) is 12.0. The van der Waals surface area contributed by atoms with E-state index in [0.717, 1.165) is 12.3 Å². The Morgan fingerprint density at radius 1 is 1.52 bits per heavy atom. The van der Waals surface area contributed by atoms with Gasteiger partial charge in [-0.15, -0.1) is 0 Å². The van der Waals surface area contributed by atoms with Crippen LogP contribution in [0, 0.1) is 15.9 Å². The molecular formula is C11H13FN2O6S. The first-order chi connectivity index (χ1) is 9.51. The Morgan fingerprint density at radius 3 is 2.52 bits per heavy atom. The Kier molecular flexibility index (Phi) is 4.84. The molecule has 1 atom stereocenters. The van der Waals surface area contributed by atoms with Gasteiger partial charge >= 0.3 is 5.97 Å². The summed E-state index contributed by atoms with van der Waals surface area (Å²) in [5.41, 5.74) is -1.66. The fourth-order valence-electron chi connectivity index (χ4n) is 1.75. The highest BCUT2D eigenvalue weighted by atomic mass is 32.2. The lowest BCUT2D eigenvalue weighted by atomic mass is 10.1. The Balaban J connectivity index is 3.23. The number of hydrogen-bond acceptors (Lipinski definition) is 6. The summed E-state index contributed by atoms with van der Waals surface area (Å²) in [7, 11) is -3.33. The minimum Gasteiger partial charge on any atom is -0.478 e. The standard InChI is InChI=1S/C11H13FN2O6S/c1-6(5-21(2,19)20)13-9-3-7(11(15)16)8(12)4-10(9)14(17)18/h3-4,6,13H,5H2,1-2H3,(H,15,16). The van der Waals surface area contributed by atoms with Gasteiger partial charge in [-0.3, -0.25) is 10.1 Å². The molecule has 116 valence electrons. The number of aromatic carboxylic acids is 1. The van der Waals surface area contributed by atoms with Crippen LogP contribution in [0.4, 0.5) is 15.8 Å². The van der Waals surface area contributed by atoms with Crippen molar-refractivity contribution in [3.8, 4) is 0 Å². The lowest BCUT2D eigenvalue weighted by molar-refractivity contribution is -0.384. The Labute approximate surface area is 119 Å². The second-order valence-corrected chi connectivity index (χ2v) is 6.73. The molecule has 1 unspecified atom stereocenters. The number of halogens is 1. The van der Waals surface area contributed by atoms with Crippen LogP contribution in [0.25, 0.3) is 0 Å². The molecule has 1 aromatic carbocycles. The monoisotopic (exact) mass is 320 g/mol. The molecule has 0 radical (unpaired) electrons. The summed E-state index contributed by atoms with van der Waals surface area (Å²) in [5, 5.41) is 22.2. The van der Waals surface area contributed by atoms with Crippen molar-refractivity contribution in [2.75, 3.05) is 17.3 Å². The maximum atomic E-state index is 13.4. The fourth-order valence-corrected chi connectivity index (χ4v) is 2.75. The van der Waals surface area contributed by atoms with Crippen molar-refractivity contribution < 1.29 is 27.6 Å². The van der Waals surface area contributed by atoms with Gasteiger partial charge in [0.2, 0.25) is 0 Å². The molecule has 0 saturated carbocycles. The molecule has 0 amide bonds. The van der Waals surface area contributed by atoms with Crippen LogP contribution in [0.1, 0.15) is 17.3 Å². The van der Waals surface area contributed by atoms with Crippen molar-refractivity contribution in [3.63, 3.8) is 0 Å². The van der Waals surface area contributed by atoms with Gasteiger partial charge in [0.05, 0.1) is 22.3 Å². The first kappa shape index (κ1) is 16.8. The second kappa shape index (κ2) is 6.04. The number of carboxylic acids is 1. The van der Waals surface area contributed by atoms with Crippen LogP contribution in [-0.2, 0) is 9.84 Å². The van der Waals surface area contributed by atoms with Gasteiger partial charge in [-0.25, -0.2) is 17.6 Å². The van der Waals surface area contributed by atoms with Crippen LogP contribution < -0.4 is 5.32 Å². The quantitative estimate of drug-likeness (QED) is 0.597. The van der Waals surface area contributed by atoms with Gasteiger partial charge in [0, 0.05) is 12.3 Å². The van der Waals surface area contributed by atoms with Gasteiger partial charge in [0.25, 0.3) is 5.69 Å². The average molecular weight is 320 g/mol. The number of benzene rings is 1. The molecule has 1 aromatic rings. The summed E-state index contributed by atoms with van der Waals surface area (Å²) in [4.78, 5) is 20.8. The van der Waals surface area contributed by atoms with Crippen LogP contribution in [-0.4, -0.2) is 42.5 Å². The summed E-state index contributed by atoms with van der Waals surface area (Å²) in [5.74, 6) is -3.14. The predicted molar refractivity (Wildman–Crippen MR) is 72.8 cm³/mol. The molecule has 0 aliphatic rings. The van der Waals surface area contributed by atoms with Crippen LogP contribution >= 0.6 is 0 Å².